The largest absolute Gasteiger partial charge is 0.395 e. The van der Waals surface area contributed by atoms with Gasteiger partial charge >= 0.3 is 0 Å². The summed E-state index contributed by atoms with van der Waals surface area (Å²) in [4.78, 5) is 2.38. The van der Waals surface area contributed by atoms with Gasteiger partial charge in [0.1, 0.15) is 0 Å². The number of hydrogen-bond donors (Lipinski definition) is 1. The summed E-state index contributed by atoms with van der Waals surface area (Å²) in [6.07, 6.45) is 4.67. The van der Waals surface area contributed by atoms with Crippen molar-refractivity contribution in [3.05, 3.63) is 0 Å². The molecule has 12 heavy (non-hydrogen) atoms. The van der Waals surface area contributed by atoms with Crippen LogP contribution < -0.4 is 0 Å². The number of hydrogen-bond acceptors (Lipinski definition) is 2. The normalized spacial score (nSPS) is 25.0. The van der Waals surface area contributed by atoms with Gasteiger partial charge in [0.2, 0.25) is 0 Å². The Morgan fingerprint density at radius 3 is 2.92 bits per heavy atom. The average Bonchev–Trinajstić information content (AvgIpc) is 2.52. The first-order chi connectivity index (χ1) is 5.88. The summed E-state index contributed by atoms with van der Waals surface area (Å²) in [6.45, 7) is 2.59. The molecule has 1 fully saturated rings. The smallest absolute Gasteiger partial charge is 0.0586 e. The Hall–Kier alpha value is 0.210. The minimum atomic E-state index is 0.320. The molecule has 0 aromatic heterocycles. The van der Waals surface area contributed by atoms with Crippen LogP contribution in [0.15, 0.2) is 0 Å². The maximum atomic E-state index is 9.03. The van der Waals surface area contributed by atoms with Gasteiger partial charge in [-0.1, -0.05) is 0 Å². The third-order valence-corrected chi connectivity index (χ3v) is 2.81. The molecule has 1 atom stereocenters. The third-order valence-electron chi connectivity index (χ3n) is 2.54. The van der Waals surface area contributed by atoms with Crippen LogP contribution in [-0.2, 0) is 0 Å². The first-order valence-electron chi connectivity index (χ1n) is 4.79. The van der Waals surface area contributed by atoms with Crippen LogP contribution >= 0.6 is 11.6 Å². The van der Waals surface area contributed by atoms with Crippen molar-refractivity contribution in [3.8, 4) is 0 Å². The molecule has 1 unspecified atom stereocenters. The van der Waals surface area contributed by atoms with Crippen molar-refractivity contribution >= 4 is 11.6 Å². The molecule has 0 aromatic rings. The van der Waals surface area contributed by atoms with Gasteiger partial charge in [-0.25, -0.2) is 0 Å². The molecular formula is C9H18ClNO. The van der Waals surface area contributed by atoms with Gasteiger partial charge in [-0.3, -0.25) is 4.90 Å². The van der Waals surface area contributed by atoms with E-state index in [9.17, 15) is 0 Å². The average molecular weight is 192 g/mol. The van der Waals surface area contributed by atoms with Crippen LogP contribution in [0.1, 0.15) is 25.7 Å². The topological polar surface area (TPSA) is 23.5 Å². The molecule has 1 saturated heterocycles. The number of nitrogens with zero attached hydrogens (tertiary/aromatic N) is 1. The van der Waals surface area contributed by atoms with E-state index in [0.717, 1.165) is 31.8 Å². The molecule has 0 spiro atoms. The molecule has 0 radical (unpaired) electrons. The molecule has 1 heterocycles. The highest BCUT2D eigenvalue weighted by molar-refractivity contribution is 6.17. The van der Waals surface area contributed by atoms with E-state index in [1.165, 1.54) is 12.8 Å². The lowest BCUT2D eigenvalue weighted by atomic mass is 10.2. The van der Waals surface area contributed by atoms with E-state index in [0.29, 0.717) is 12.6 Å². The molecule has 1 aliphatic rings. The summed E-state index contributed by atoms with van der Waals surface area (Å²) in [5.74, 6) is 0.762. The molecule has 1 aliphatic heterocycles. The molecule has 72 valence electrons. The Morgan fingerprint density at radius 2 is 2.25 bits per heavy atom. The Bertz CT molecular complexity index is 121. The van der Waals surface area contributed by atoms with Crippen molar-refractivity contribution < 1.29 is 5.11 Å². The number of halogens is 1. The van der Waals surface area contributed by atoms with E-state index in [2.05, 4.69) is 4.90 Å². The first-order valence-corrected chi connectivity index (χ1v) is 5.33. The standard InChI is InChI=1S/C9H18ClNO/c10-5-1-2-6-11-7-3-4-9(11)8-12/h9,12H,1-8H2. The van der Waals surface area contributed by atoms with Gasteiger partial charge in [0.05, 0.1) is 6.61 Å². The molecule has 2 nitrogen and oxygen atoms in total. The predicted molar refractivity (Wildman–Crippen MR) is 51.6 cm³/mol. The zero-order chi connectivity index (χ0) is 8.81. The van der Waals surface area contributed by atoms with Gasteiger partial charge < -0.3 is 5.11 Å². The van der Waals surface area contributed by atoms with Crippen molar-refractivity contribution in [3.63, 3.8) is 0 Å². The lowest BCUT2D eigenvalue weighted by molar-refractivity contribution is 0.157. The molecule has 0 bridgehead atoms. The molecule has 3 heteroatoms. The Balaban J connectivity index is 2.12. The fourth-order valence-corrected chi connectivity index (χ4v) is 1.99. The number of likely N-dealkylation sites (tertiary alicyclic amines) is 1. The molecule has 0 saturated carbocycles. The van der Waals surface area contributed by atoms with Crippen LogP contribution in [0, 0.1) is 0 Å². The lowest BCUT2D eigenvalue weighted by Crippen LogP contribution is -2.32. The van der Waals surface area contributed by atoms with E-state index >= 15 is 0 Å². The highest BCUT2D eigenvalue weighted by atomic mass is 35.5. The molecule has 0 aliphatic carbocycles. The summed E-state index contributed by atoms with van der Waals surface area (Å²) in [5.41, 5.74) is 0. The Labute approximate surface area is 79.5 Å². The van der Waals surface area contributed by atoms with Gasteiger partial charge in [-0.2, -0.15) is 0 Å². The summed E-state index contributed by atoms with van der Waals surface area (Å²) >= 11 is 5.59. The van der Waals surface area contributed by atoms with E-state index in [-0.39, 0.29) is 0 Å². The van der Waals surface area contributed by atoms with Crippen LogP contribution in [0.5, 0.6) is 0 Å². The fourth-order valence-electron chi connectivity index (χ4n) is 1.81. The van der Waals surface area contributed by atoms with Gasteiger partial charge in [0, 0.05) is 11.9 Å². The zero-order valence-electron chi connectivity index (χ0n) is 7.51. The number of rotatable bonds is 5. The fraction of sp³-hybridized carbons (Fsp3) is 1.00. The van der Waals surface area contributed by atoms with E-state index < -0.39 is 0 Å². The number of aliphatic hydroxyl groups is 1. The van der Waals surface area contributed by atoms with Crippen molar-refractivity contribution in [1.82, 2.24) is 4.90 Å². The summed E-state index contributed by atoms with van der Waals surface area (Å²) < 4.78 is 0. The van der Waals surface area contributed by atoms with Crippen LogP contribution in [0.3, 0.4) is 0 Å². The first kappa shape index (κ1) is 10.3. The highest BCUT2D eigenvalue weighted by Crippen LogP contribution is 2.16. The summed E-state index contributed by atoms with van der Waals surface area (Å²) in [5, 5.41) is 9.03. The van der Waals surface area contributed by atoms with Crippen LogP contribution in [0.4, 0.5) is 0 Å². The monoisotopic (exact) mass is 191 g/mol. The second-order valence-electron chi connectivity index (χ2n) is 3.41. The summed E-state index contributed by atoms with van der Waals surface area (Å²) in [6, 6.07) is 0.431. The number of unbranched alkanes of at least 4 members (excludes halogenated alkanes) is 1. The quantitative estimate of drug-likeness (QED) is 0.526. The second-order valence-corrected chi connectivity index (χ2v) is 3.79. The van der Waals surface area contributed by atoms with Gasteiger partial charge in [0.25, 0.3) is 0 Å². The Morgan fingerprint density at radius 1 is 1.42 bits per heavy atom. The molecule has 0 amide bonds. The van der Waals surface area contributed by atoms with E-state index in [1.807, 2.05) is 0 Å². The van der Waals surface area contributed by atoms with Crippen molar-refractivity contribution in [2.45, 2.75) is 31.7 Å². The van der Waals surface area contributed by atoms with Crippen molar-refractivity contribution in [1.29, 1.82) is 0 Å². The van der Waals surface area contributed by atoms with Crippen molar-refractivity contribution in [2.75, 3.05) is 25.6 Å². The maximum Gasteiger partial charge on any atom is 0.0586 e. The van der Waals surface area contributed by atoms with Crippen LogP contribution in [0.2, 0.25) is 0 Å². The van der Waals surface area contributed by atoms with Gasteiger partial charge in [-0.05, 0) is 38.8 Å². The van der Waals surface area contributed by atoms with Crippen LogP contribution in [-0.4, -0.2) is 41.6 Å². The summed E-state index contributed by atoms with van der Waals surface area (Å²) in [7, 11) is 0. The molecule has 1 rings (SSSR count). The number of alkyl halides is 1. The minimum Gasteiger partial charge on any atom is -0.395 e. The van der Waals surface area contributed by atoms with Gasteiger partial charge in [0.15, 0.2) is 0 Å². The SMILES string of the molecule is OCC1CCCN1CCCCCl. The molecule has 0 aromatic carbocycles. The lowest BCUT2D eigenvalue weighted by Gasteiger charge is -2.22. The predicted octanol–water partition coefficient (Wildman–Crippen LogP) is 1.46. The maximum absolute atomic E-state index is 9.03. The third kappa shape index (κ3) is 2.92. The minimum absolute atomic E-state index is 0.320. The zero-order valence-corrected chi connectivity index (χ0v) is 8.26. The number of aliphatic hydroxyl groups excluding tert-OH is 1. The van der Waals surface area contributed by atoms with E-state index in [1.54, 1.807) is 0 Å². The van der Waals surface area contributed by atoms with E-state index in [4.69, 9.17) is 16.7 Å². The van der Waals surface area contributed by atoms with Crippen LogP contribution in [0.25, 0.3) is 0 Å². The molecular weight excluding hydrogens is 174 g/mol. The van der Waals surface area contributed by atoms with Crippen molar-refractivity contribution in [2.24, 2.45) is 0 Å². The second kappa shape index (κ2) is 5.79. The van der Waals surface area contributed by atoms with Gasteiger partial charge in [-0.15, -0.1) is 11.6 Å². The highest BCUT2D eigenvalue weighted by Gasteiger charge is 2.22. The molecule has 1 N–H and O–H groups in total. The Kier molecular flexibility index (Phi) is 4.96.